The maximum atomic E-state index is 12.4. The Morgan fingerprint density at radius 3 is 2.10 bits per heavy atom. The minimum Gasteiger partial charge on any atom is -0.484 e. The minimum absolute atomic E-state index is 0.128. The van der Waals surface area contributed by atoms with Crippen molar-refractivity contribution in [2.24, 2.45) is 0 Å². The summed E-state index contributed by atoms with van der Waals surface area (Å²) in [5.74, 6) is -0.0573. The summed E-state index contributed by atoms with van der Waals surface area (Å²) in [5.41, 5.74) is 2.75. The maximum Gasteiger partial charge on any atom is 0.262 e. The normalized spacial score (nSPS) is 10.5. The van der Waals surface area contributed by atoms with Gasteiger partial charge in [0, 0.05) is 23.9 Å². The second kappa shape index (κ2) is 10.5. The van der Waals surface area contributed by atoms with E-state index in [0.29, 0.717) is 22.7 Å². The van der Waals surface area contributed by atoms with E-state index in [2.05, 4.69) is 10.6 Å². The quantitative estimate of drug-likeness (QED) is 0.418. The number of rotatable bonds is 8. The van der Waals surface area contributed by atoms with E-state index < -0.39 is 0 Å². The average molecular weight is 414 g/mol. The Kier molecular flexibility index (Phi) is 7.32. The fourth-order valence-corrected chi connectivity index (χ4v) is 2.73. The first-order valence-corrected chi connectivity index (χ1v) is 9.67. The molecule has 3 aromatic rings. The van der Waals surface area contributed by atoms with Crippen molar-refractivity contribution in [2.45, 2.75) is 6.92 Å². The number of ether oxygens (including phenoxy) is 1. The van der Waals surface area contributed by atoms with Gasteiger partial charge in [-0.2, -0.15) is 0 Å². The Morgan fingerprint density at radius 2 is 1.45 bits per heavy atom. The molecule has 0 fully saturated rings. The molecule has 6 heteroatoms. The van der Waals surface area contributed by atoms with Crippen LogP contribution in [0.3, 0.4) is 0 Å². The number of para-hydroxylation sites is 1. The highest BCUT2D eigenvalue weighted by Crippen LogP contribution is 2.15. The molecule has 0 bridgehead atoms. The van der Waals surface area contributed by atoms with E-state index in [9.17, 15) is 14.4 Å². The van der Waals surface area contributed by atoms with Crippen LogP contribution in [0.25, 0.3) is 6.08 Å². The van der Waals surface area contributed by atoms with E-state index in [4.69, 9.17) is 4.74 Å². The molecule has 0 atom stereocenters. The van der Waals surface area contributed by atoms with Gasteiger partial charge in [0.2, 0.25) is 5.91 Å². The van der Waals surface area contributed by atoms with Gasteiger partial charge in [-0.1, -0.05) is 36.4 Å². The van der Waals surface area contributed by atoms with Crippen LogP contribution in [0.15, 0.2) is 84.9 Å². The molecule has 0 radical (unpaired) electrons. The first-order chi connectivity index (χ1) is 15.0. The Labute approximate surface area is 180 Å². The lowest BCUT2D eigenvalue weighted by Gasteiger charge is -2.07. The third-order valence-electron chi connectivity index (χ3n) is 4.22. The van der Waals surface area contributed by atoms with E-state index in [1.54, 1.807) is 54.6 Å². The topological polar surface area (TPSA) is 84.5 Å². The van der Waals surface area contributed by atoms with Crippen LogP contribution in [-0.4, -0.2) is 24.2 Å². The molecule has 0 aliphatic heterocycles. The van der Waals surface area contributed by atoms with Crippen LogP contribution in [0.1, 0.15) is 22.8 Å². The summed E-state index contributed by atoms with van der Waals surface area (Å²) < 4.78 is 5.47. The lowest BCUT2D eigenvalue weighted by Crippen LogP contribution is -2.20. The van der Waals surface area contributed by atoms with Crippen LogP contribution in [0.2, 0.25) is 0 Å². The van der Waals surface area contributed by atoms with Gasteiger partial charge < -0.3 is 15.4 Å². The number of hydrogen-bond acceptors (Lipinski definition) is 4. The molecule has 0 unspecified atom stereocenters. The van der Waals surface area contributed by atoms with Gasteiger partial charge in [0.15, 0.2) is 12.4 Å². The number of ketones is 1. The van der Waals surface area contributed by atoms with Crippen molar-refractivity contribution in [3.8, 4) is 5.75 Å². The van der Waals surface area contributed by atoms with E-state index in [-0.39, 0.29) is 24.2 Å². The standard InChI is InChI=1S/C25H22N2O4/c1-18(28)26-22-12-7-19(8-13-22)9-16-24(29)20-10-14-23(15-11-20)31-17-25(30)27-21-5-3-2-4-6-21/h2-16H,17H2,1H3,(H,26,28)(H,27,30)/b16-9+. The number of carbonyl (C=O) groups is 3. The van der Waals surface area contributed by atoms with Gasteiger partial charge in [0.25, 0.3) is 5.91 Å². The van der Waals surface area contributed by atoms with E-state index in [1.807, 2.05) is 30.3 Å². The van der Waals surface area contributed by atoms with E-state index >= 15 is 0 Å². The third kappa shape index (κ3) is 6.97. The number of carbonyl (C=O) groups excluding carboxylic acids is 3. The molecule has 31 heavy (non-hydrogen) atoms. The van der Waals surface area contributed by atoms with Crippen molar-refractivity contribution in [3.05, 3.63) is 96.1 Å². The minimum atomic E-state index is -0.265. The SMILES string of the molecule is CC(=O)Nc1ccc(/C=C/C(=O)c2ccc(OCC(=O)Nc3ccccc3)cc2)cc1. The molecule has 3 aromatic carbocycles. The third-order valence-corrected chi connectivity index (χ3v) is 4.22. The summed E-state index contributed by atoms with van der Waals surface area (Å²) in [5, 5.41) is 5.43. The van der Waals surface area contributed by atoms with Crippen LogP contribution in [0.4, 0.5) is 11.4 Å². The van der Waals surface area contributed by atoms with Crippen molar-refractivity contribution in [3.63, 3.8) is 0 Å². The van der Waals surface area contributed by atoms with Crippen LogP contribution >= 0.6 is 0 Å². The summed E-state index contributed by atoms with van der Waals surface area (Å²) in [6.45, 7) is 1.32. The lowest BCUT2D eigenvalue weighted by atomic mass is 10.1. The molecular weight excluding hydrogens is 392 g/mol. The summed E-state index contributed by atoms with van der Waals surface area (Å²) in [7, 11) is 0. The highest BCUT2D eigenvalue weighted by Gasteiger charge is 2.06. The van der Waals surface area contributed by atoms with Crippen molar-refractivity contribution in [1.82, 2.24) is 0 Å². The predicted molar refractivity (Wildman–Crippen MR) is 121 cm³/mol. The Bertz CT molecular complexity index is 1070. The van der Waals surface area contributed by atoms with Crippen LogP contribution in [0, 0.1) is 0 Å². The molecule has 156 valence electrons. The van der Waals surface area contributed by atoms with Gasteiger partial charge in [-0.05, 0) is 60.2 Å². The number of anilines is 2. The number of benzene rings is 3. The number of allylic oxidation sites excluding steroid dienone is 1. The number of nitrogens with one attached hydrogen (secondary N) is 2. The Morgan fingerprint density at radius 1 is 0.806 bits per heavy atom. The molecule has 2 amide bonds. The molecule has 0 spiro atoms. The van der Waals surface area contributed by atoms with Crippen molar-refractivity contribution in [2.75, 3.05) is 17.2 Å². The summed E-state index contributed by atoms with van der Waals surface area (Å²) in [6.07, 6.45) is 3.19. The van der Waals surface area contributed by atoms with Gasteiger partial charge in [-0.3, -0.25) is 14.4 Å². The fraction of sp³-hybridized carbons (Fsp3) is 0.0800. The molecule has 2 N–H and O–H groups in total. The predicted octanol–water partition coefficient (Wildman–Crippen LogP) is 4.56. The number of hydrogen-bond donors (Lipinski definition) is 2. The molecule has 3 rings (SSSR count). The summed E-state index contributed by atoms with van der Waals surface area (Å²) in [4.78, 5) is 35.3. The zero-order valence-electron chi connectivity index (χ0n) is 17.0. The van der Waals surface area contributed by atoms with Gasteiger partial charge >= 0.3 is 0 Å². The van der Waals surface area contributed by atoms with E-state index in [1.165, 1.54) is 13.0 Å². The molecule has 0 aliphatic rings. The average Bonchev–Trinajstić information content (AvgIpc) is 2.78. The van der Waals surface area contributed by atoms with Crippen LogP contribution in [-0.2, 0) is 9.59 Å². The molecule has 0 heterocycles. The monoisotopic (exact) mass is 414 g/mol. The smallest absolute Gasteiger partial charge is 0.262 e. The highest BCUT2D eigenvalue weighted by atomic mass is 16.5. The second-order valence-electron chi connectivity index (χ2n) is 6.73. The highest BCUT2D eigenvalue weighted by molar-refractivity contribution is 6.06. The van der Waals surface area contributed by atoms with E-state index in [0.717, 1.165) is 5.56 Å². The van der Waals surface area contributed by atoms with Crippen molar-refractivity contribution in [1.29, 1.82) is 0 Å². The summed E-state index contributed by atoms with van der Waals surface area (Å²) in [6, 6.07) is 22.9. The van der Waals surface area contributed by atoms with Crippen LogP contribution < -0.4 is 15.4 Å². The summed E-state index contributed by atoms with van der Waals surface area (Å²) >= 11 is 0. The van der Waals surface area contributed by atoms with Crippen molar-refractivity contribution >= 4 is 35.0 Å². The number of amides is 2. The van der Waals surface area contributed by atoms with Gasteiger partial charge in [0.05, 0.1) is 0 Å². The van der Waals surface area contributed by atoms with Gasteiger partial charge in [0.1, 0.15) is 5.75 Å². The maximum absolute atomic E-state index is 12.4. The molecule has 0 saturated carbocycles. The molecule has 0 aliphatic carbocycles. The largest absolute Gasteiger partial charge is 0.484 e. The zero-order chi connectivity index (χ0) is 22.1. The second-order valence-corrected chi connectivity index (χ2v) is 6.73. The fourth-order valence-electron chi connectivity index (χ4n) is 2.73. The van der Waals surface area contributed by atoms with Gasteiger partial charge in [-0.15, -0.1) is 0 Å². The lowest BCUT2D eigenvalue weighted by molar-refractivity contribution is -0.118. The van der Waals surface area contributed by atoms with Crippen LogP contribution in [0.5, 0.6) is 5.75 Å². The Balaban J connectivity index is 1.50. The first-order valence-electron chi connectivity index (χ1n) is 9.67. The molecule has 0 saturated heterocycles. The first kappa shape index (κ1) is 21.5. The molecule has 0 aromatic heterocycles. The Hall–Kier alpha value is -4.19. The molecule has 6 nitrogen and oxygen atoms in total. The molecular formula is C25H22N2O4. The zero-order valence-corrected chi connectivity index (χ0v) is 17.0. The van der Waals surface area contributed by atoms with Gasteiger partial charge in [-0.25, -0.2) is 0 Å². The van der Waals surface area contributed by atoms with Crippen molar-refractivity contribution < 1.29 is 19.1 Å².